The molecule has 3 saturated heterocycles. The lowest BCUT2D eigenvalue weighted by Gasteiger charge is -2.48. The van der Waals surface area contributed by atoms with E-state index in [0.29, 0.717) is 11.8 Å². The second kappa shape index (κ2) is 4.87. The van der Waals surface area contributed by atoms with E-state index in [2.05, 4.69) is 15.0 Å². The molecule has 0 amide bonds. The van der Waals surface area contributed by atoms with Gasteiger partial charge in [-0.1, -0.05) is 0 Å². The van der Waals surface area contributed by atoms with Crippen LogP contribution in [-0.2, 0) is 13.5 Å². The summed E-state index contributed by atoms with van der Waals surface area (Å²) >= 11 is 0. The molecule has 2 bridgehead atoms. The molecule has 0 aromatic carbocycles. The van der Waals surface area contributed by atoms with Gasteiger partial charge in [0.1, 0.15) is 0 Å². The van der Waals surface area contributed by atoms with Gasteiger partial charge in [-0.25, -0.2) is 4.98 Å². The first-order chi connectivity index (χ1) is 11.2. The molecular formula is C18H22N4O. The summed E-state index contributed by atoms with van der Waals surface area (Å²) in [5.41, 5.74) is 3.06. The van der Waals surface area contributed by atoms with E-state index in [-0.39, 0.29) is 5.56 Å². The lowest BCUT2D eigenvalue weighted by molar-refractivity contribution is 0.0345. The van der Waals surface area contributed by atoms with Gasteiger partial charge in [-0.05, 0) is 62.6 Å². The summed E-state index contributed by atoms with van der Waals surface area (Å²) in [5, 5.41) is 5.76. The van der Waals surface area contributed by atoms with E-state index in [4.69, 9.17) is 0 Å². The van der Waals surface area contributed by atoms with Crippen molar-refractivity contribution in [2.45, 2.75) is 31.6 Å². The van der Waals surface area contributed by atoms with Crippen molar-refractivity contribution in [3.63, 3.8) is 0 Å². The first-order valence-corrected chi connectivity index (χ1v) is 8.79. The van der Waals surface area contributed by atoms with Gasteiger partial charge in [-0.2, -0.15) is 5.10 Å². The average molecular weight is 310 g/mol. The third kappa shape index (κ3) is 1.92. The van der Waals surface area contributed by atoms with Crippen LogP contribution in [0.3, 0.4) is 0 Å². The topological polar surface area (TPSA) is 51.0 Å². The predicted molar refractivity (Wildman–Crippen MR) is 88.5 cm³/mol. The maximum atomic E-state index is 12.8. The molecule has 0 N–H and O–H groups in total. The van der Waals surface area contributed by atoms with Crippen molar-refractivity contribution >= 4 is 10.9 Å². The van der Waals surface area contributed by atoms with Crippen LogP contribution >= 0.6 is 0 Å². The van der Waals surface area contributed by atoms with E-state index < -0.39 is 0 Å². The summed E-state index contributed by atoms with van der Waals surface area (Å²) in [4.78, 5) is 19.5. The predicted octanol–water partition coefficient (Wildman–Crippen LogP) is 1.70. The Hall–Kier alpha value is -1.75. The van der Waals surface area contributed by atoms with Crippen molar-refractivity contribution < 1.29 is 0 Å². The Morgan fingerprint density at radius 2 is 2.04 bits per heavy atom. The van der Waals surface area contributed by atoms with Gasteiger partial charge in [0, 0.05) is 30.7 Å². The maximum Gasteiger partial charge on any atom is 0.273 e. The maximum absolute atomic E-state index is 12.8. The first-order valence-electron chi connectivity index (χ1n) is 8.79. The number of aromatic nitrogens is 3. The number of piperidine rings is 3. The molecular weight excluding hydrogens is 288 g/mol. The molecule has 2 atom stereocenters. The van der Waals surface area contributed by atoms with Gasteiger partial charge in [0.2, 0.25) is 0 Å². The second-order valence-electron chi connectivity index (χ2n) is 7.44. The number of rotatable bonds is 1. The third-order valence-electron chi connectivity index (χ3n) is 6.37. The zero-order valence-electron chi connectivity index (χ0n) is 13.5. The standard InChI is InChI=1S/C18H22N4O/c1-21-15-4-7-19-18(23)16-12(2-3-14(20-21)17(15)16)13-10-22-8-5-11(13)6-9-22/h4,7,11-13H,2-3,5-6,8-10H2,1H3/t12?,13-/m0/s1. The summed E-state index contributed by atoms with van der Waals surface area (Å²) < 4.78 is 1.91. The van der Waals surface area contributed by atoms with Gasteiger partial charge in [-0.3, -0.25) is 9.48 Å². The lowest BCUT2D eigenvalue weighted by atomic mass is 9.67. The Morgan fingerprint density at radius 1 is 1.22 bits per heavy atom. The van der Waals surface area contributed by atoms with Crippen LogP contribution in [-0.4, -0.2) is 39.3 Å². The van der Waals surface area contributed by atoms with E-state index in [1.165, 1.54) is 25.9 Å². The van der Waals surface area contributed by atoms with Gasteiger partial charge < -0.3 is 4.90 Å². The highest BCUT2D eigenvalue weighted by molar-refractivity contribution is 5.85. The van der Waals surface area contributed by atoms with Crippen LogP contribution in [0.25, 0.3) is 10.9 Å². The molecule has 3 aliphatic heterocycles. The van der Waals surface area contributed by atoms with E-state index in [9.17, 15) is 4.79 Å². The first kappa shape index (κ1) is 13.7. The van der Waals surface area contributed by atoms with E-state index in [1.54, 1.807) is 6.20 Å². The Balaban J connectivity index is 1.72. The molecule has 0 saturated carbocycles. The molecule has 4 aliphatic rings. The van der Waals surface area contributed by atoms with Crippen molar-refractivity contribution in [2.24, 2.45) is 18.9 Å². The zero-order valence-corrected chi connectivity index (χ0v) is 13.5. The third-order valence-corrected chi connectivity index (χ3v) is 6.37. The smallest absolute Gasteiger partial charge is 0.273 e. The monoisotopic (exact) mass is 310 g/mol. The number of aryl methyl sites for hydroxylation is 2. The molecule has 23 heavy (non-hydrogen) atoms. The van der Waals surface area contributed by atoms with Crippen LogP contribution in [0.4, 0.5) is 0 Å². The fraction of sp³-hybridized carbons (Fsp3) is 0.611. The van der Waals surface area contributed by atoms with Crippen molar-refractivity contribution in [1.82, 2.24) is 19.7 Å². The average Bonchev–Trinajstić information content (AvgIpc) is 2.79. The van der Waals surface area contributed by atoms with Crippen LogP contribution in [0, 0.1) is 11.8 Å². The Bertz CT molecular complexity index is 835. The normalized spacial score (nSPS) is 32.4. The quantitative estimate of drug-likeness (QED) is 0.804. The number of hydrogen-bond donors (Lipinski definition) is 0. The van der Waals surface area contributed by atoms with Gasteiger partial charge in [0.05, 0.1) is 11.2 Å². The van der Waals surface area contributed by atoms with Crippen molar-refractivity contribution in [1.29, 1.82) is 0 Å². The molecule has 0 spiro atoms. The Morgan fingerprint density at radius 3 is 2.78 bits per heavy atom. The number of hydrogen-bond acceptors (Lipinski definition) is 4. The minimum absolute atomic E-state index is 0.0320. The Kier molecular flexibility index (Phi) is 2.89. The number of nitrogens with zero attached hydrogens (tertiary/aromatic N) is 4. The molecule has 5 nitrogen and oxygen atoms in total. The molecule has 2 aromatic heterocycles. The van der Waals surface area contributed by atoms with Gasteiger partial charge in [0.15, 0.2) is 0 Å². The van der Waals surface area contributed by atoms with E-state index in [1.807, 2.05) is 17.8 Å². The Labute approximate surface area is 135 Å². The summed E-state index contributed by atoms with van der Waals surface area (Å²) in [6.45, 7) is 3.64. The van der Waals surface area contributed by atoms with Gasteiger partial charge >= 0.3 is 0 Å². The summed E-state index contributed by atoms with van der Waals surface area (Å²) in [6.07, 6.45) is 6.28. The fourth-order valence-electron chi connectivity index (χ4n) is 5.28. The van der Waals surface area contributed by atoms with E-state index >= 15 is 0 Å². The highest BCUT2D eigenvalue weighted by Gasteiger charge is 2.41. The van der Waals surface area contributed by atoms with Crippen LogP contribution in [0.2, 0.25) is 0 Å². The summed E-state index contributed by atoms with van der Waals surface area (Å²) in [7, 11) is 1.97. The van der Waals surface area contributed by atoms with Gasteiger partial charge in [0.25, 0.3) is 5.56 Å². The molecule has 120 valence electrons. The van der Waals surface area contributed by atoms with Crippen LogP contribution in [0.15, 0.2) is 17.1 Å². The highest BCUT2D eigenvalue weighted by Crippen LogP contribution is 2.45. The minimum Gasteiger partial charge on any atom is -0.303 e. The molecule has 0 radical (unpaired) electrons. The largest absolute Gasteiger partial charge is 0.303 e. The van der Waals surface area contributed by atoms with Crippen molar-refractivity contribution in [3.8, 4) is 0 Å². The van der Waals surface area contributed by atoms with E-state index in [0.717, 1.165) is 47.5 Å². The van der Waals surface area contributed by atoms with Gasteiger partial charge in [-0.15, -0.1) is 0 Å². The lowest BCUT2D eigenvalue weighted by Crippen LogP contribution is -2.50. The second-order valence-corrected chi connectivity index (χ2v) is 7.44. The highest BCUT2D eigenvalue weighted by atomic mass is 16.1. The molecule has 6 rings (SSSR count). The van der Waals surface area contributed by atoms with Crippen molar-refractivity contribution in [3.05, 3.63) is 33.9 Å². The SMILES string of the molecule is Cn1nc2c3c(c(=O)nccc31)C([C@H]1CN3CCC1CC3)CC2. The minimum atomic E-state index is -0.0320. The number of fused-ring (bicyclic) bond motifs is 3. The summed E-state index contributed by atoms with van der Waals surface area (Å²) in [5.74, 6) is 1.75. The molecule has 5 heterocycles. The molecule has 1 unspecified atom stereocenters. The van der Waals surface area contributed by atoms with Crippen LogP contribution < -0.4 is 5.56 Å². The zero-order chi connectivity index (χ0) is 15.6. The van der Waals surface area contributed by atoms with Crippen molar-refractivity contribution in [2.75, 3.05) is 19.6 Å². The van der Waals surface area contributed by atoms with Crippen LogP contribution in [0.1, 0.15) is 36.4 Å². The molecule has 5 heteroatoms. The van der Waals surface area contributed by atoms with Crippen LogP contribution in [0.5, 0.6) is 0 Å². The molecule has 1 aliphatic carbocycles. The summed E-state index contributed by atoms with van der Waals surface area (Å²) in [6, 6.07) is 1.94. The molecule has 2 aromatic rings. The fourth-order valence-corrected chi connectivity index (χ4v) is 5.28. The molecule has 3 fully saturated rings.